The highest BCUT2D eigenvalue weighted by molar-refractivity contribution is 5.93. The molecule has 0 spiro atoms. The molecule has 0 saturated heterocycles. The molecule has 0 saturated carbocycles. The summed E-state index contributed by atoms with van der Waals surface area (Å²) in [6.45, 7) is 2.33. The van der Waals surface area contributed by atoms with Gasteiger partial charge in [-0.25, -0.2) is 9.78 Å². The van der Waals surface area contributed by atoms with E-state index in [0.717, 1.165) is 17.2 Å². The maximum atomic E-state index is 11.6. The Bertz CT molecular complexity index is 551. The topological polar surface area (TPSA) is 59.4 Å². The van der Waals surface area contributed by atoms with Crippen molar-refractivity contribution in [1.29, 1.82) is 0 Å². The minimum absolute atomic E-state index is 0.181. The molecule has 1 aromatic carbocycles. The smallest absolute Gasteiger partial charge is 0.356 e. The lowest BCUT2D eigenvalue weighted by atomic mass is 10.1. The number of phenols is 1. The third kappa shape index (κ3) is 2.53. The van der Waals surface area contributed by atoms with Crippen molar-refractivity contribution in [2.75, 3.05) is 6.61 Å². The zero-order chi connectivity index (χ0) is 12.3. The number of rotatable bonds is 3. The Hall–Kier alpha value is -2.10. The molecule has 0 aliphatic carbocycles. The van der Waals surface area contributed by atoms with Crippen molar-refractivity contribution in [3.8, 4) is 5.75 Å². The molecule has 4 nitrogen and oxygen atoms in total. The predicted molar refractivity (Wildman–Crippen MR) is 64.0 cm³/mol. The highest BCUT2D eigenvalue weighted by Crippen LogP contribution is 2.19. The Kier molecular flexibility index (Phi) is 3.23. The zero-order valence-electron chi connectivity index (χ0n) is 9.51. The van der Waals surface area contributed by atoms with E-state index in [0.29, 0.717) is 6.61 Å². The molecule has 17 heavy (non-hydrogen) atoms. The van der Waals surface area contributed by atoms with Gasteiger partial charge in [-0.3, -0.25) is 0 Å². The minimum atomic E-state index is -0.415. The van der Waals surface area contributed by atoms with Gasteiger partial charge in [-0.2, -0.15) is 0 Å². The van der Waals surface area contributed by atoms with E-state index >= 15 is 0 Å². The van der Waals surface area contributed by atoms with Gasteiger partial charge in [0.05, 0.1) is 6.61 Å². The maximum Gasteiger partial charge on any atom is 0.356 e. The van der Waals surface area contributed by atoms with E-state index in [1.54, 1.807) is 30.5 Å². The summed E-state index contributed by atoms with van der Waals surface area (Å²) in [5, 5.41) is 10.9. The molecule has 1 N–H and O–H groups in total. The number of pyridine rings is 1. The number of hydrogen-bond donors (Lipinski definition) is 1. The van der Waals surface area contributed by atoms with Crippen LogP contribution in [0, 0.1) is 0 Å². The van der Waals surface area contributed by atoms with Gasteiger partial charge >= 0.3 is 5.97 Å². The fraction of sp³-hybridized carbons (Fsp3) is 0.231. The summed E-state index contributed by atoms with van der Waals surface area (Å²) in [5.41, 5.74) is 0.289. The average molecular weight is 231 g/mol. The van der Waals surface area contributed by atoms with Crippen molar-refractivity contribution in [3.05, 3.63) is 36.2 Å². The van der Waals surface area contributed by atoms with Gasteiger partial charge in [0.25, 0.3) is 0 Å². The molecule has 0 fully saturated rings. The molecule has 2 rings (SSSR count). The zero-order valence-corrected chi connectivity index (χ0v) is 9.51. The number of aromatic hydroxyl groups is 1. The molecule has 0 aliphatic heterocycles. The first kappa shape index (κ1) is 11.4. The number of aromatic nitrogens is 1. The fourth-order valence-corrected chi connectivity index (χ4v) is 1.51. The van der Waals surface area contributed by atoms with E-state index in [1.165, 1.54) is 0 Å². The lowest BCUT2D eigenvalue weighted by molar-refractivity contribution is 0.0498. The predicted octanol–water partition coefficient (Wildman–Crippen LogP) is 2.51. The van der Waals surface area contributed by atoms with E-state index in [-0.39, 0.29) is 11.4 Å². The molecule has 4 heteroatoms. The number of carbonyl (C=O) groups is 1. The van der Waals surface area contributed by atoms with Gasteiger partial charge in [0, 0.05) is 11.6 Å². The number of esters is 1. The van der Waals surface area contributed by atoms with Crippen molar-refractivity contribution >= 4 is 16.7 Å². The van der Waals surface area contributed by atoms with E-state index in [1.807, 2.05) is 6.92 Å². The molecule has 0 radical (unpaired) electrons. The van der Waals surface area contributed by atoms with Crippen LogP contribution in [0.15, 0.2) is 30.5 Å². The number of phenolic OH excluding ortho intramolecular Hbond substituents is 1. The third-order valence-electron chi connectivity index (χ3n) is 2.35. The van der Waals surface area contributed by atoms with Crippen molar-refractivity contribution in [2.45, 2.75) is 13.3 Å². The lowest BCUT2D eigenvalue weighted by Gasteiger charge is -2.04. The first-order valence-electron chi connectivity index (χ1n) is 5.46. The van der Waals surface area contributed by atoms with Crippen LogP contribution in [0.2, 0.25) is 0 Å². The maximum absolute atomic E-state index is 11.6. The Labute approximate surface area is 98.9 Å². The Balaban J connectivity index is 2.31. The van der Waals surface area contributed by atoms with Crippen molar-refractivity contribution in [1.82, 2.24) is 4.98 Å². The van der Waals surface area contributed by atoms with Crippen LogP contribution in [0.5, 0.6) is 5.75 Å². The molecule has 2 aromatic rings. The number of benzene rings is 1. The summed E-state index contributed by atoms with van der Waals surface area (Å²) in [6.07, 6.45) is 2.34. The van der Waals surface area contributed by atoms with Gasteiger partial charge in [-0.05, 0) is 30.0 Å². The van der Waals surface area contributed by atoms with Gasteiger partial charge < -0.3 is 9.84 Å². The second kappa shape index (κ2) is 4.82. The molecule has 1 heterocycles. The van der Waals surface area contributed by atoms with Gasteiger partial charge in [0.1, 0.15) is 11.4 Å². The molecule has 0 amide bonds. The first-order chi connectivity index (χ1) is 8.20. The third-order valence-corrected chi connectivity index (χ3v) is 2.35. The van der Waals surface area contributed by atoms with Crippen LogP contribution in [0.3, 0.4) is 0 Å². The number of carbonyl (C=O) groups excluding carboxylic acids is 1. The van der Waals surface area contributed by atoms with Gasteiger partial charge in [-0.15, -0.1) is 0 Å². The van der Waals surface area contributed by atoms with Gasteiger partial charge in [0.15, 0.2) is 0 Å². The summed E-state index contributed by atoms with van der Waals surface area (Å²) in [7, 11) is 0. The largest absolute Gasteiger partial charge is 0.508 e. The second-order valence-corrected chi connectivity index (χ2v) is 3.74. The quantitative estimate of drug-likeness (QED) is 0.824. The normalized spacial score (nSPS) is 10.4. The summed E-state index contributed by atoms with van der Waals surface area (Å²) in [5.74, 6) is -0.234. The Morgan fingerprint density at radius 1 is 1.35 bits per heavy atom. The van der Waals surface area contributed by atoms with Gasteiger partial charge in [0.2, 0.25) is 0 Å². The standard InChI is InChI=1S/C13H13NO3/c1-2-5-17-13(16)12-7-9-3-4-11(15)6-10(9)8-14-12/h3-4,6-8,15H,2,5H2,1H3. The fourth-order valence-electron chi connectivity index (χ4n) is 1.51. The number of ether oxygens (including phenoxy) is 1. The van der Waals surface area contributed by atoms with Crippen molar-refractivity contribution in [2.24, 2.45) is 0 Å². The van der Waals surface area contributed by atoms with Crippen LogP contribution in [-0.2, 0) is 4.74 Å². The van der Waals surface area contributed by atoms with E-state index in [2.05, 4.69) is 4.98 Å². The summed E-state index contributed by atoms with van der Waals surface area (Å²) in [6, 6.07) is 6.57. The molecular formula is C13H13NO3. The summed E-state index contributed by atoms with van der Waals surface area (Å²) >= 11 is 0. The molecule has 0 atom stereocenters. The highest BCUT2D eigenvalue weighted by atomic mass is 16.5. The lowest BCUT2D eigenvalue weighted by Crippen LogP contribution is -2.07. The molecule has 0 aliphatic rings. The van der Waals surface area contributed by atoms with Crippen LogP contribution in [0.25, 0.3) is 10.8 Å². The molecular weight excluding hydrogens is 218 g/mol. The number of fused-ring (bicyclic) bond motifs is 1. The van der Waals surface area contributed by atoms with Crippen molar-refractivity contribution in [3.63, 3.8) is 0 Å². The second-order valence-electron chi connectivity index (χ2n) is 3.74. The SMILES string of the molecule is CCCOC(=O)c1cc2ccc(O)cc2cn1. The average Bonchev–Trinajstić information content (AvgIpc) is 2.35. The van der Waals surface area contributed by atoms with Crippen LogP contribution in [0.4, 0.5) is 0 Å². The van der Waals surface area contributed by atoms with E-state index < -0.39 is 5.97 Å². The first-order valence-corrected chi connectivity index (χ1v) is 5.46. The highest BCUT2D eigenvalue weighted by Gasteiger charge is 2.09. The molecule has 0 bridgehead atoms. The van der Waals surface area contributed by atoms with E-state index in [4.69, 9.17) is 4.74 Å². The monoisotopic (exact) mass is 231 g/mol. The molecule has 88 valence electrons. The van der Waals surface area contributed by atoms with Crippen molar-refractivity contribution < 1.29 is 14.6 Å². The van der Waals surface area contributed by atoms with Crippen LogP contribution < -0.4 is 0 Å². The Morgan fingerprint density at radius 2 is 2.18 bits per heavy atom. The van der Waals surface area contributed by atoms with Crippen LogP contribution >= 0.6 is 0 Å². The molecule has 0 unspecified atom stereocenters. The minimum Gasteiger partial charge on any atom is -0.508 e. The van der Waals surface area contributed by atoms with Crippen LogP contribution in [-0.4, -0.2) is 22.7 Å². The number of hydrogen-bond acceptors (Lipinski definition) is 4. The Morgan fingerprint density at radius 3 is 2.94 bits per heavy atom. The van der Waals surface area contributed by atoms with Crippen LogP contribution in [0.1, 0.15) is 23.8 Å². The molecule has 1 aromatic heterocycles. The number of nitrogens with zero attached hydrogens (tertiary/aromatic N) is 1. The summed E-state index contributed by atoms with van der Waals surface area (Å²) < 4.78 is 5.00. The van der Waals surface area contributed by atoms with Gasteiger partial charge in [-0.1, -0.05) is 13.0 Å². The summed E-state index contributed by atoms with van der Waals surface area (Å²) in [4.78, 5) is 15.6. The van der Waals surface area contributed by atoms with E-state index in [9.17, 15) is 9.90 Å².